The summed E-state index contributed by atoms with van der Waals surface area (Å²) in [7, 11) is -3.58. The number of likely N-dealkylation sites (tertiary alicyclic amines) is 1. The van der Waals surface area contributed by atoms with Gasteiger partial charge in [0.1, 0.15) is 0 Å². The van der Waals surface area contributed by atoms with Crippen molar-refractivity contribution in [2.45, 2.75) is 36.1 Å². The normalized spacial score (nSPS) is 21.2. The van der Waals surface area contributed by atoms with Crippen LogP contribution in [-0.2, 0) is 21.2 Å². The van der Waals surface area contributed by atoms with Crippen LogP contribution in [0.3, 0.4) is 0 Å². The molecule has 1 saturated heterocycles. The maximum atomic E-state index is 13.1. The summed E-state index contributed by atoms with van der Waals surface area (Å²) in [6, 6.07) is 17.6. The van der Waals surface area contributed by atoms with Crippen LogP contribution in [-0.4, -0.2) is 30.5 Å². The minimum absolute atomic E-state index is 0.0130. The van der Waals surface area contributed by atoms with E-state index in [4.69, 9.17) is 0 Å². The van der Waals surface area contributed by atoms with Crippen LogP contribution in [0, 0.1) is 0 Å². The van der Waals surface area contributed by atoms with Crippen LogP contribution in [0.2, 0.25) is 0 Å². The van der Waals surface area contributed by atoms with Gasteiger partial charge in [-0.3, -0.25) is 4.79 Å². The van der Waals surface area contributed by atoms with Gasteiger partial charge in [0.2, 0.25) is 5.91 Å². The van der Waals surface area contributed by atoms with E-state index < -0.39 is 21.1 Å². The van der Waals surface area contributed by atoms with E-state index in [2.05, 4.69) is 0 Å². The third-order valence-electron chi connectivity index (χ3n) is 4.49. The van der Waals surface area contributed by atoms with Crippen molar-refractivity contribution in [2.75, 3.05) is 0 Å². The van der Waals surface area contributed by atoms with E-state index >= 15 is 0 Å². The fourth-order valence-electron chi connectivity index (χ4n) is 3.25. The zero-order valence-corrected chi connectivity index (χ0v) is 14.9. The molecule has 0 N–H and O–H groups in total. The van der Waals surface area contributed by atoms with Crippen molar-refractivity contribution in [1.29, 1.82) is 0 Å². The first-order chi connectivity index (χ1) is 12.0. The summed E-state index contributed by atoms with van der Waals surface area (Å²) < 4.78 is 26.1. The van der Waals surface area contributed by atoms with Crippen molar-refractivity contribution in [1.82, 2.24) is 4.90 Å². The number of amides is 1. The van der Waals surface area contributed by atoms with Crippen LogP contribution in [0.4, 0.5) is 0 Å². The van der Waals surface area contributed by atoms with Gasteiger partial charge in [-0.1, -0.05) is 60.7 Å². The molecule has 2 atom stereocenters. The molecule has 2 aromatic rings. The number of allylic oxidation sites excluding steroid dienone is 1. The minimum Gasteiger partial charge on any atom is -0.331 e. The topological polar surface area (TPSA) is 54.5 Å². The van der Waals surface area contributed by atoms with Gasteiger partial charge in [-0.15, -0.1) is 0 Å². The molecule has 0 spiro atoms. The quantitative estimate of drug-likeness (QED) is 0.774. The van der Waals surface area contributed by atoms with E-state index in [0.717, 1.165) is 5.56 Å². The van der Waals surface area contributed by atoms with E-state index in [0.29, 0.717) is 6.54 Å². The molecular formula is C20H21NO3S. The molecule has 0 unspecified atom stereocenters. The van der Waals surface area contributed by atoms with Gasteiger partial charge in [0, 0.05) is 13.0 Å². The van der Waals surface area contributed by atoms with Crippen LogP contribution in [0.15, 0.2) is 77.7 Å². The molecule has 0 aromatic heterocycles. The molecule has 1 heterocycles. The molecular weight excluding hydrogens is 334 g/mol. The van der Waals surface area contributed by atoms with Gasteiger partial charge in [0.15, 0.2) is 9.84 Å². The van der Waals surface area contributed by atoms with Crippen LogP contribution in [0.25, 0.3) is 0 Å². The Morgan fingerprint density at radius 2 is 1.64 bits per heavy atom. The third kappa shape index (κ3) is 3.51. The molecule has 5 heteroatoms. The smallest absolute Gasteiger partial charge is 0.224 e. The molecule has 1 aliphatic rings. The van der Waals surface area contributed by atoms with E-state index in [-0.39, 0.29) is 17.2 Å². The number of hydrogen-bond donors (Lipinski definition) is 0. The maximum Gasteiger partial charge on any atom is 0.224 e. The molecule has 3 rings (SSSR count). The predicted molar refractivity (Wildman–Crippen MR) is 97.6 cm³/mol. The third-order valence-corrected chi connectivity index (χ3v) is 6.66. The Hall–Kier alpha value is -2.40. The highest BCUT2D eigenvalue weighted by Crippen LogP contribution is 2.32. The molecule has 130 valence electrons. The van der Waals surface area contributed by atoms with Crippen molar-refractivity contribution in [3.63, 3.8) is 0 Å². The summed E-state index contributed by atoms with van der Waals surface area (Å²) >= 11 is 0. The Bertz CT molecular complexity index is 860. The summed E-state index contributed by atoms with van der Waals surface area (Å²) in [5.41, 5.74) is 0.989. The van der Waals surface area contributed by atoms with E-state index in [1.807, 2.05) is 49.4 Å². The second kappa shape index (κ2) is 7.23. The fourth-order valence-corrected chi connectivity index (χ4v) is 5.11. The van der Waals surface area contributed by atoms with E-state index in [1.165, 1.54) is 0 Å². The summed E-state index contributed by atoms with van der Waals surface area (Å²) in [6.45, 7) is 2.26. The van der Waals surface area contributed by atoms with Gasteiger partial charge >= 0.3 is 0 Å². The van der Waals surface area contributed by atoms with Gasteiger partial charge in [0.05, 0.1) is 16.2 Å². The largest absolute Gasteiger partial charge is 0.331 e. The highest BCUT2D eigenvalue weighted by atomic mass is 32.2. The number of hydrogen-bond acceptors (Lipinski definition) is 3. The molecule has 0 radical (unpaired) electrons. The average molecular weight is 355 g/mol. The van der Waals surface area contributed by atoms with Crippen LogP contribution < -0.4 is 0 Å². The molecule has 0 bridgehead atoms. The lowest BCUT2D eigenvalue weighted by Gasteiger charge is -2.26. The Morgan fingerprint density at radius 1 is 1.04 bits per heavy atom. The zero-order valence-electron chi connectivity index (χ0n) is 14.1. The molecule has 0 aliphatic carbocycles. The molecule has 1 aliphatic heterocycles. The van der Waals surface area contributed by atoms with Crippen molar-refractivity contribution in [3.05, 3.63) is 78.4 Å². The van der Waals surface area contributed by atoms with Crippen molar-refractivity contribution >= 4 is 15.7 Å². The number of rotatable bonds is 5. The summed E-state index contributed by atoms with van der Waals surface area (Å²) in [5, 5.41) is -0.762. The molecule has 0 saturated carbocycles. The van der Waals surface area contributed by atoms with Gasteiger partial charge in [-0.2, -0.15) is 0 Å². The van der Waals surface area contributed by atoms with Crippen LogP contribution in [0.5, 0.6) is 0 Å². The van der Waals surface area contributed by atoms with E-state index in [9.17, 15) is 13.2 Å². The standard InChI is InChI=1S/C20H21NO3S/c1-2-9-18-19(25(23,24)17-12-7-4-8-13-17)14-20(22)21(18)15-16-10-5-3-6-11-16/h2-13,18-19H,14-15H2,1H3/b9-2+/t18-,19+/m1/s1. The van der Waals surface area contributed by atoms with Crippen LogP contribution in [0.1, 0.15) is 18.9 Å². The Balaban J connectivity index is 1.94. The highest BCUT2D eigenvalue weighted by Gasteiger charge is 2.45. The first-order valence-electron chi connectivity index (χ1n) is 8.29. The second-order valence-electron chi connectivity index (χ2n) is 6.12. The lowest BCUT2D eigenvalue weighted by molar-refractivity contribution is -0.129. The Morgan fingerprint density at radius 3 is 2.24 bits per heavy atom. The Kier molecular flexibility index (Phi) is 5.04. The number of sulfone groups is 1. The summed E-state index contributed by atoms with van der Waals surface area (Å²) in [4.78, 5) is 14.5. The second-order valence-corrected chi connectivity index (χ2v) is 8.29. The first kappa shape index (κ1) is 17.4. The highest BCUT2D eigenvalue weighted by molar-refractivity contribution is 7.92. The molecule has 25 heavy (non-hydrogen) atoms. The molecule has 1 fully saturated rings. The fraction of sp³-hybridized carbons (Fsp3) is 0.250. The SMILES string of the molecule is C/C=C/[C@@H]1[C@@H](S(=O)(=O)c2ccccc2)CC(=O)N1Cc1ccccc1. The average Bonchev–Trinajstić information content (AvgIpc) is 2.94. The molecule has 1 amide bonds. The summed E-state index contributed by atoms with van der Waals surface area (Å²) in [6.07, 6.45) is 3.65. The number of benzene rings is 2. The lowest BCUT2D eigenvalue weighted by Crippen LogP contribution is -2.38. The summed E-state index contributed by atoms with van der Waals surface area (Å²) in [5.74, 6) is -0.128. The van der Waals surface area contributed by atoms with Gasteiger partial charge in [-0.25, -0.2) is 8.42 Å². The lowest BCUT2D eigenvalue weighted by atomic mass is 10.1. The number of carbonyl (C=O) groups excluding carboxylic acids is 1. The number of carbonyl (C=O) groups is 1. The number of nitrogens with zero attached hydrogens (tertiary/aromatic N) is 1. The zero-order chi connectivity index (χ0) is 17.9. The van der Waals surface area contributed by atoms with Crippen molar-refractivity contribution < 1.29 is 13.2 Å². The molecule has 4 nitrogen and oxygen atoms in total. The van der Waals surface area contributed by atoms with Gasteiger partial charge in [-0.05, 0) is 24.6 Å². The van der Waals surface area contributed by atoms with Crippen LogP contribution >= 0.6 is 0 Å². The predicted octanol–water partition coefficient (Wildman–Crippen LogP) is 3.21. The van der Waals surface area contributed by atoms with Gasteiger partial charge in [0.25, 0.3) is 0 Å². The minimum atomic E-state index is -3.58. The van der Waals surface area contributed by atoms with Gasteiger partial charge < -0.3 is 4.90 Å². The van der Waals surface area contributed by atoms with Crippen molar-refractivity contribution in [3.8, 4) is 0 Å². The van der Waals surface area contributed by atoms with Crippen molar-refractivity contribution in [2.24, 2.45) is 0 Å². The monoisotopic (exact) mass is 355 g/mol. The maximum absolute atomic E-state index is 13.1. The Labute approximate surface area is 148 Å². The molecule has 2 aromatic carbocycles. The first-order valence-corrected chi connectivity index (χ1v) is 9.84. The van der Waals surface area contributed by atoms with E-state index in [1.54, 1.807) is 35.2 Å².